The Morgan fingerprint density at radius 3 is 2.13 bits per heavy atom. The number of benzene rings is 1. The van der Waals surface area contributed by atoms with E-state index in [-0.39, 0.29) is 11.8 Å². The van der Waals surface area contributed by atoms with Gasteiger partial charge in [0.1, 0.15) is 0 Å². The van der Waals surface area contributed by atoms with Gasteiger partial charge < -0.3 is 20.3 Å². The molecule has 23 heavy (non-hydrogen) atoms. The van der Waals surface area contributed by atoms with Gasteiger partial charge in [-0.1, -0.05) is 18.2 Å². The lowest BCUT2D eigenvalue weighted by Crippen LogP contribution is -2.61. The number of hydrogen-bond acceptors (Lipinski definition) is 4. The number of rotatable bonds is 2. The number of nitrogens with zero attached hydrogens (tertiary/aromatic N) is 2. The van der Waals surface area contributed by atoms with Gasteiger partial charge in [-0.05, 0) is 25.0 Å². The van der Waals surface area contributed by atoms with E-state index in [2.05, 4.69) is 0 Å². The second kappa shape index (κ2) is 6.68. The van der Waals surface area contributed by atoms with Crippen molar-refractivity contribution in [3.05, 3.63) is 35.9 Å². The lowest BCUT2D eigenvalue weighted by Gasteiger charge is -2.40. The van der Waals surface area contributed by atoms with Crippen molar-refractivity contribution in [2.75, 3.05) is 39.4 Å². The molecule has 0 aliphatic carbocycles. The van der Waals surface area contributed by atoms with Crippen LogP contribution in [0.15, 0.2) is 30.3 Å². The molecule has 1 aromatic carbocycles. The van der Waals surface area contributed by atoms with E-state index in [1.807, 2.05) is 30.3 Å². The summed E-state index contributed by atoms with van der Waals surface area (Å²) in [5, 5.41) is 0. The lowest BCUT2D eigenvalue weighted by atomic mass is 9.89. The first kappa shape index (κ1) is 16.0. The van der Waals surface area contributed by atoms with E-state index in [0.717, 1.165) is 0 Å². The number of carbonyl (C=O) groups excluding carboxylic acids is 2. The highest BCUT2D eigenvalue weighted by Crippen LogP contribution is 2.21. The van der Waals surface area contributed by atoms with Crippen LogP contribution in [0.2, 0.25) is 0 Å². The van der Waals surface area contributed by atoms with Crippen LogP contribution in [0.4, 0.5) is 0 Å². The van der Waals surface area contributed by atoms with Gasteiger partial charge in [0.2, 0.25) is 5.91 Å². The van der Waals surface area contributed by atoms with E-state index < -0.39 is 5.54 Å². The van der Waals surface area contributed by atoms with Crippen LogP contribution in [-0.2, 0) is 9.53 Å². The van der Waals surface area contributed by atoms with Crippen LogP contribution in [0.25, 0.3) is 0 Å². The third-order valence-corrected chi connectivity index (χ3v) is 4.69. The van der Waals surface area contributed by atoms with Gasteiger partial charge >= 0.3 is 0 Å². The summed E-state index contributed by atoms with van der Waals surface area (Å²) in [5.41, 5.74) is 6.15. The molecule has 0 radical (unpaired) electrons. The Morgan fingerprint density at radius 2 is 1.52 bits per heavy atom. The minimum absolute atomic E-state index is 0.00684. The third kappa shape index (κ3) is 3.38. The summed E-state index contributed by atoms with van der Waals surface area (Å²) in [6.07, 6.45) is 1.13. The summed E-state index contributed by atoms with van der Waals surface area (Å²) >= 11 is 0. The molecule has 2 aliphatic rings. The van der Waals surface area contributed by atoms with Gasteiger partial charge in [0.25, 0.3) is 5.91 Å². The number of hydrogen-bond donors (Lipinski definition) is 1. The maximum Gasteiger partial charge on any atom is 0.253 e. The molecule has 2 fully saturated rings. The summed E-state index contributed by atoms with van der Waals surface area (Å²) in [5.74, 6) is 0.0128. The van der Waals surface area contributed by atoms with E-state index in [1.165, 1.54) is 0 Å². The molecular weight excluding hydrogens is 294 g/mol. The van der Waals surface area contributed by atoms with Crippen LogP contribution >= 0.6 is 0 Å². The third-order valence-electron chi connectivity index (χ3n) is 4.69. The Hall–Kier alpha value is -1.92. The fourth-order valence-electron chi connectivity index (χ4n) is 3.14. The quantitative estimate of drug-likeness (QED) is 0.861. The second-order valence-electron chi connectivity index (χ2n) is 6.22. The number of amides is 2. The van der Waals surface area contributed by atoms with Gasteiger partial charge in [0, 0.05) is 45.0 Å². The molecule has 6 nitrogen and oxygen atoms in total. The van der Waals surface area contributed by atoms with E-state index in [1.54, 1.807) is 9.80 Å². The van der Waals surface area contributed by atoms with E-state index in [0.29, 0.717) is 57.8 Å². The zero-order valence-corrected chi connectivity index (χ0v) is 13.2. The monoisotopic (exact) mass is 317 g/mol. The molecule has 0 spiro atoms. The first-order chi connectivity index (χ1) is 11.1. The van der Waals surface area contributed by atoms with E-state index in [9.17, 15) is 9.59 Å². The SMILES string of the molecule is NC1(C(=O)N2CCN(C(=O)c3ccccc3)CC2)CCOCC1. The Kier molecular flexibility index (Phi) is 4.63. The lowest BCUT2D eigenvalue weighted by molar-refractivity contribution is -0.142. The smallest absolute Gasteiger partial charge is 0.253 e. The summed E-state index contributed by atoms with van der Waals surface area (Å²) in [6, 6.07) is 9.24. The second-order valence-corrected chi connectivity index (χ2v) is 6.22. The highest BCUT2D eigenvalue weighted by molar-refractivity contribution is 5.94. The van der Waals surface area contributed by atoms with E-state index in [4.69, 9.17) is 10.5 Å². The number of nitrogens with two attached hydrogens (primary N) is 1. The topological polar surface area (TPSA) is 75.9 Å². The van der Waals surface area contributed by atoms with Crippen molar-refractivity contribution in [1.82, 2.24) is 9.80 Å². The van der Waals surface area contributed by atoms with Gasteiger partial charge in [-0.15, -0.1) is 0 Å². The molecule has 2 heterocycles. The average Bonchev–Trinajstić information content (AvgIpc) is 2.62. The van der Waals surface area contributed by atoms with Crippen LogP contribution in [-0.4, -0.2) is 66.5 Å². The van der Waals surface area contributed by atoms with Crippen molar-refractivity contribution in [3.8, 4) is 0 Å². The minimum atomic E-state index is -0.802. The Balaban J connectivity index is 1.58. The molecular formula is C17H23N3O3. The van der Waals surface area contributed by atoms with Crippen molar-refractivity contribution >= 4 is 11.8 Å². The molecule has 2 saturated heterocycles. The first-order valence-corrected chi connectivity index (χ1v) is 8.10. The molecule has 3 rings (SSSR count). The van der Waals surface area contributed by atoms with Gasteiger partial charge in [-0.25, -0.2) is 0 Å². The molecule has 0 unspecified atom stereocenters. The molecule has 124 valence electrons. The van der Waals surface area contributed by atoms with Crippen LogP contribution < -0.4 is 5.73 Å². The molecule has 1 aromatic rings. The first-order valence-electron chi connectivity index (χ1n) is 8.10. The highest BCUT2D eigenvalue weighted by Gasteiger charge is 2.40. The Labute approximate surface area is 136 Å². The number of ether oxygens (including phenoxy) is 1. The predicted molar refractivity (Wildman–Crippen MR) is 85.9 cm³/mol. The molecule has 6 heteroatoms. The fourth-order valence-corrected chi connectivity index (χ4v) is 3.14. The van der Waals surface area contributed by atoms with Crippen LogP contribution in [0.1, 0.15) is 23.2 Å². The van der Waals surface area contributed by atoms with Crippen LogP contribution in [0.5, 0.6) is 0 Å². The summed E-state index contributed by atoms with van der Waals surface area (Å²) in [7, 11) is 0. The van der Waals surface area contributed by atoms with Gasteiger partial charge in [0.15, 0.2) is 0 Å². The Bertz CT molecular complexity index is 562. The summed E-state index contributed by atoms with van der Waals surface area (Å²) in [4.78, 5) is 28.7. The highest BCUT2D eigenvalue weighted by atomic mass is 16.5. The van der Waals surface area contributed by atoms with Crippen molar-refractivity contribution in [1.29, 1.82) is 0 Å². The largest absolute Gasteiger partial charge is 0.381 e. The predicted octanol–water partition coefficient (Wildman–Crippen LogP) is 0.479. The van der Waals surface area contributed by atoms with Crippen molar-refractivity contribution in [2.45, 2.75) is 18.4 Å². The van der Waals surface area contributed by atoms with Crippen molar-refractivity contribution < 1.29 is 14.3 Å². The van der Waals surface area contributed by atoms with Gasteiger partial charge in [0.05, 0.1) is 5.54 Å². The number of carbonyl (C=O) groups is 2. The molecule has 2 N–H and O–H groups in total. The molecule has 0 saturated carbocycles. The van der Waals surface area contributed by atoms with Crippen molar-refractivity contribution in [2.24, 2.45) is 5.73 Å². The molecule has 2 aliphatic heterocycles. The van der Waals surface area contributed by atoms with Crippen LogP contribution in [0.3, 0.4) is 0 Å². The van der Waals surface area contributed by atoms with Gasteiger partial charge in [-0.3, -0.25) is 9.59 Å². The summed E-state index contributed by atoms with van der Waals surface area (Å²) < 4.78 is 5.30. The minimum Gasteiger partial charge on any atom is -0.381 e. The van der Waals surface area contributed by atoms with Gasteiger partial charge in [-0.2, -0.15) is 0 Å². The molecule has 2 amide bonds. The zero-order chi connectivity index (χ0) is 16.3. The normalized spacial score (nSPS) is 21.1. The summed E-state index contributed by atoms with van der Waals surface area (Å²) in [6.45, 7) is 3.25. The van der Waals surface area contributed by atoms with Crippen molar-refractivity contribution in [3.63, 3.8) is 0 Å². The standard InChI is InChI=1S/C17H23N3O3/c18-17(6-12-23-13-7-17)16(22)20-10-8-19(9-11-20)15(21)14-4-2-1-3-5-14/h1-5H,6-13,18H2. The van der Waals surface area contributed by atoms with Crippen LogP contribution in [0, 0.1) is 0 Å². The molecule has 0 aromatic heterocycles. The number of piperazine rings is 1. The Morgan fingerprint density at radius 1 is 0.957 bits per heavy atom. The fraction of sp³-hybridized carbons (Fsp3) is 0.529. The molecule has 0 atom stereocenters. The maximum atomic E-state index is 12.7. The van der Waals surface area contributed by atoms with E-state index >= 15 is 0 Å². The maximum absolute atomic E-state index is 12.7. The zero-order valence-electron chi connectivity index (χ0n) is 13.2. The molecule has 0 bridgehead atoms. The average molecular weight is 317 g/mol.